The van der Waals surface area contributed by atoms with Gasteiger partial charge in [0.25, 0.3) is 5.91 Å². The first-order chi connectivity index (χ1) is 16.0. The van der Waals surface area contributed by atoms with Gasteiger partial charge in [0.1, 0.15) is 16.7 Å². The number of para-hydroxylation sites is 1. The minimum Gasteiger partial charge on any atom is -0.338 e. The Hall–Kier alpha value is -2.75. The summed E-state index contributed by atoms with van der Waals surface area (Å²) in [6, 6.07) is 17.2. The number of likely N-dealkylation sites (tertiary alicyclic amines) is 1. The van der Waals surface area contributed by atoms with E-state index in [4.69, 9.17) is 11.6 Å². The number of halogens is 1. The molecule has 2 heterocycles. The van der Waals surface area contributed by atoms with Crippen molar-refractivity contribution in [2.24, 2.45) is 0 Å². The Morgan fingerprint density at radius 1 is 1.12 bits per heavy atom. The fourth-order valence-corrected chi connectivity index (χ4v) is 5.71. The number of benzene rings is 2. The van der Waals surface area contributed by atoms with Gasteiger partial charge in [-0.3, -0.25) is 14.5 Å². The summed E-state index contributed by atoms with van der Waals surface area (Å²) in [6.45, 7) is 3.23. The predicted octanol–water partition coefficient (Wildman–Crippen LogP) is 5.48. The molecular weight excluding hydrogens is 454 g/mol. The van der Waals surface area contributed by atoms with Gasteiger partial charge in [0.05, 0.1) is 5.25 Å². The number of hydrogen-bond acceptors (Lipinski definition) is 4. The average molecular weight is 480 g/mol. The van der Waals surface area contributed by atoms with Crippen molar-refractivity contribution < 1.29 is 9.59 Å². The van der Waals surface area contributed by atoms with Gasteiger partial charge in [0, 0.05) is 23.8 Å². The molecule has 170 valence electrons. The summed E-state index contributed by atoms with van der Waals surface area (Å²) in [6.07, 6.45) is 4.52. The third-order valence-corrected chi connectivity index (χ3v) is 7.73. The summed E-state index contributed by atoms with van der Waals surface area (Å²) >= 11 is 7.60. The summed E-state index contributed by atoms with van der Waals surface area (Å²) < 4.78 is 0. The Labute approximate surface area is 204 Å². The molecule has 2 fully saturated rings. The summed E-state index contributed by atoms with van der Waals surface area (Å²) in [5.74, 6) is -0.413. The van der Waals surface area contributed by atoms with Crippen molar-refractivity contribution in [3.8, 4) is 6.07 Å². The van der Waals surface area contributed by atoms with E-state index in [1.54, 1.807) is 9.80 Å². The molecule has 2 aromatic rings. The lowest BCUT2D eigenvalue weighted by Gasteiger charge is -2.23. The highest BCUT2D eigenvalue weighted by Gasteiger charge is 2.41. The third-order valence-electron chi connectivity index (χ3n) is 6.06. The second-order valence-corrected chi connectivity index (χ2v) is 10.0. The maximum atomic E-state index is 13.6. The van der Waals surface area contributed by atoms with Crippen molar-refractivity contribution in [2.45, 2.75) is 44.3 Å². The number of carbonyl (C=O) groups excluding carboxylic acids is 2. The standard InChI is InChI=1S/C26H26ClN3O2S/c1-18-11-12-19(15-22(18)27)16-23-25(32)30(20-9-5-4-6-10-20)26(33-23)21(17-28)24(31)29-13-7-2-3-8-14-29/h4-6,9-12,15,23H,2-3,7-8,13-14,16H2,1H3/b26-21+/t23-/m1/s1. The van der Waals surface area contributed by atoms with Crippen molar-refractivity contribution in [1.29, 1.82) is 5.26 Å². The zero-order valence-electron chi connectivity index (χ0n) is 18.6. The van der Waals surface area contributed by atoms with Crippen LogP contribution in [-0.2, 0) is 16.0 Å². The van der Waals surface area contributed by atoms with Crippen molar-refractivity contribution in [2.75, 3.05) is 18.0 Å². The van der Waals surface area contributed by atoms with E-state index in [0.29, 0.717) is 35.2 Å². The van der Waals surface area contributed by atoms with Gasteiger partial charge in [-0.25, -0.2) is 0 Å². The van der Waals surface area contributed by atoms with Gasteiger partial charge in [-0.15, -0.1) is 0 Å². The summed E-state index contributed by atoms with van der Waals surface area (Å²) in [7, 11) is 0. The largest absolute Gasteiger partial charge is 0.338 e. The molecule has 33 heavy (non-hydrogen) atoms. The number of aryl methyl sites for hydroxylation is 1. The number of thioether (sulfide) groups is 1. The van der Waals surface area contributed by atoms with E-state index in [1.165, 1.54) is 11.8 Å². The Morgan fingerprint density at radius 2 is 1.82 bits per heavy atom. The van der Waals surface area contributed by atoms with E-state index in [-0.39, 0.29) is 17.4 Å². The first kappa shape index (κ1) is 23.4. The van der Waals surface area contributed by atoms with E-state index in [0.717, 1.165) is 36.8 Å². The Bertz CT molecular complexity index is 1120. The zero-order chi connectivity index (χ0) is 23.4. The van der Waals surface area contributed by atoms with Crippen molar-refractivity contribution in [3.05, 3.63) is 75.3 Å². The molecule has 0 bridgehead atoms. The lowest BCUT2D eigenvalue weighted by atomic mass is 10.1. The minimum absolute atomic E-state index is 0.0449. The maximum Gasteiger partial charge on any atom is 0.267 e. The van der Waals surface area contributed by atoms with Gasteiger partial charge in [0.15, 0.2) is 0 Å². The molecular formula is C26H26ClN3O2S. The Morgan fingerprint density at radius 3 is 2.45 bits per heavy atom. The van der Waals surface area contributed by atoms with Crippen LogP contribution in [0, 0.1) is 18.3 Å². The van der Waals surface area contributed by atoms with Crippen LogP contribution >= 0.6 is 23.4 Å². The van der Waals surface area contributed by atoms with Crippen LogP contribution in [0.2, 0.25) is 5.02 Å². The maximum absolute atomic E-state index is 13.6. The molecule has 0 spiro atoms. The molecule has 0 aromatic heterocycles. The molecule has 0 aliphatic carbocycles. The van der Waals surface area contributed by atoms with Crippen LogP contribution in [0.15, 0.2) is 59.1 Å². The third kappa shape index (κ3) is 5.10. The van der Waals surface area contributed by atoms with E-state index in [2.05, 4.69) is 6.07 Å². The molecule has 2 aromatic carbocycles. The van der Waals surface area contributed by atoms with Gasteiger partial charge in [-0.2, -0.15) is 5.26 Å². The van der Waals surface area contributed by atoms with Crippen LogP contribution in [0.1, 0.15) is 36.8 Å². The lowest BCUT2D eigenvalue weighted by molar-refractivity contribution is -0.126. The second-order valence-electron chi connectivity index (χ2n) is 8.40. The molecule has 0 saturated carbocycles. The second kappa shape index (κ2) is 10.5. The first-order valence-corrected chi connectivity index (χ1v) is 12.5. The predicted molar refractivity (Wildman–Crippen MR) is 133 cm³/mol. The van der Waals surface area contributed by atoms with E-state index < -0.39 is 5.25 Å². The number of rotatable bonds is 4. The van der Waals surface area contributed by atoms with Gasteiger partial charge in [0.2, 0.25) is 5.91 Å². The lowest BCUT2D eigenvalue weighted by Crippen LogP contribution is -2.35. The van der Waals surface area contributed by atoms with Gasteiger partial charge >= 0.3 is 0 Å². The number of anilines is 1. The quantitative estimate of drug-likeness (QED) is 0.430. The summed E-state index contributed by atoms with van der Waals surface area (Å²) in [4.78, 5) is 30.2. The Kier molecular flexibility index (Phi) is 7.42. The fraction of sp³-hybridized carbons (Fsp3) is 0.346. The van der Waals surface area contributed by atoms with Crippen LogP contribution in [0.25, 0.3) is 0 Å². The van der Waals surface area contributed by atoms with Crippen LogP contribution in [0.3, 0.4) is 0 Å². The Balaban J connectivity index is 1.71. The monoisotopic (exact) mass is 479 g/mol. The van der Waals surface area contributed by atoms with Crippen LogP contribution in [0.5, 0.6) is 0 Å². The summed E-state index contributed by atoms with van der Waals surface area (Å²) in [5, 5.41) is 10.7. The number of amides is 2. The first-order valence-electron chi connectivity index (χ1n) is 11.2. The molecule has 0 radical (unpaired) electrons. The summed E-state index contributed by atoms with van der Waals surface area (Å²) in [5.41, 5.74) is 2.63. The van der Waals surface area contributed by atoms with E-state index >= 15 is 0 Å². The van der Waals surface area contributed by atoms with Crippen molar-refractivity contribution in [1.82, 2.24) is 4.90 Å². The molecule has 2 amide bonds. The SMILES string of the molecule is Cc1ccc(C[C@H]2S/C(=C(\C#N)C(=O)N3CCCCCC3)N(c3ccccc3)C2=O)cc1Cl. The zero-order valence-corrected chi connectivity index (χ0v) is 20.2. The van der Waals surface area contributed by atoms with Crippen LogP contribution in [0.4, 0.5) is 5.69 Å². The molecule has 0 unspecified atom stereocenters. The van der Waals surface area contributed by atoms with Gasteiger partial charge in [-0.05, 0) is 55.5 Å². The van der Waals surface area contributed by atoms with E-state index in [9.17, 15) is 14.9 Å². The molecule has 2 aliphatic rings. The smallest absolute Gasteiger partial charge is 0.267 e. The number of nitrogens with zero attached hydrogens (tertiary/aromatic N) is 3. The molecule has 7 heteroatoms. The molecule has 4 rings (SSSR count). The highest BCUT2D eigenvalue weighted by Crippen LogP contribution is 2.42. The highest BCUT2D eigenvalue weighted by atomic mass is 35.5. The topological polar surface area (TPSA) is 64.4 Å². The van der Waals surface area contributed by atoms with Crippen LogP contribution < -0.4 is 4.90 Å². The van der Waals surface area contributed by atoms with Crippen molar-refractivity contribution >= 4 is 40.9 Å². The molecule has 5 nitrogen and oxygen atoms in total. The number of hydrogen-bond donors (Lipinski definition) is 0. The molecule has 2 saturated heterocycles. The average Bonchev–Trinajstić information content (AvgIpc) is 2.98. The van der Waals surface area contributed by atoms with Crippen molar-refractivity contribution in [3.63, 3.8) is 0 Å². The number of carbonyl (C=O) groups is 2. The molecule has 2 aliphatic heterocycles. The number of nitriles is 1. The molecule has 0 N–H and O–H groups in total. The van der Waals surface area contributed by atoms with Gasteiger partial charge < -0.3 is 4.90 Å². The molecule has 1 atom stereocenters. The fourth-order valence-electron chi connectivity index (χ4n) is 4.20. The van der Waals surface area contributed by atoms with Gasteiger partial charge in [-0.1, -0.05) is 66.5 Å². The van der Waals surface area contributed by atoms with Crippen LogP contribution in [-0.4, -0.2) is 35.1 Å². The minimum atomic E-state index is -0.445. The normalized spacial score (nSPS) is 20.4. The van der Waals surface area contributed by atoms with E-state index in [1.807, 2.05) is 55.5 Å². The highest BCUT2D eigenvalue weighted by molar-refractivity contribution is 8.05.